The minimum absolute atomic E-state index is 0.00651. The van der Waals surface area contributed by atoms with Crippen molar-refractivity contribution in [3.05, 3.63) is 60.6 Å². The number of halogens is 1. The number of likely N-dealkylation sites (N-methyl/N-ethyl adjacent to an activating group) is 1. The highest BCUT2D eigenvalue weighted by Gasteiger charge is 2.50. The molecule has 4 aromatic rings. The molecule has 3 aromatic carbocycles. The van der Waals surface area contributed by atoms with Crippen LogP contribution in [0.15, 0.2) is 32.6 Å². The van der Waals surface area contributed by atoms with Crippen molar-refractivity contribution in [2.75, 3.05) is 35.2 Å². The van der Waals surface area contributed by atoms with Crippen molar-refractivity contribution in [2.45, 2.75) is 38.3 Å². The Morgan fingerprint density at radius 3 is 2.29 bits per heavy atom. The molecule has 0 N–H and O–H groups in total. The van der Waals surface area contributed by atoms with Gasteiger partial charge < -0.3 is 42.5 Å². The van der Waals surface area contributed by atoms with Crippen molar-refractivity contribution < 1.29 is 52.0 Å². The highest BCUT2D eigenvalue weighted by molar-refractivity contribution is 6.33. The fourth-order valence-corrected chi connectivity index (χ4v) is 7.22. The number of rotatable bonds is 6. The predicted octanol–water partition coefficient (Wildman–Crippen LogP) is 5.10. The maximum atomic E-state index is 14.4. The Balaban J connectivity index is 1.73. The van der Waals surface area contributed by atoms with Gasteiger partial charge in [0.15, 0.2) is 53.2 Å². The number of fused-ring (bicyclic) bond motifs is 6. The van der Waals surface area contributed by atoms with Gasteiger partial charge in [-0.05, 0) is 23.8 Å². The molecule has 1 aromatic heterocycles. The molecular weight excluding hydrogens is 668 g/mol. The van der Waals surface area contributed by atoms with E-state index in [2.05, 4.69) is 5.18 Å². The number of nitroso groups, excluding NO2 is 1. The zero-order chi connectivity index (χ0) is 35.0. The van der Waals surface area contributed by atoms with Crippen LogP contribution in [0.1, 0.15) is 59.1 Å². The summed E-state index contributed by atoms with van der Waals surface area (Å²) in [6.07, 6.45) is -3.08. The zero-order valence-corrected chi connectivity index (χ0v) is 27.6. The molecule has 0 bridgehead atoms. The van der Waals surface area contributed by atoms with E-state index in [1.807, 2.05) is 0 Å². The molecule has 0 saturated carbocycles. The summed E-state index contributed by atoms with van der Waals surface area (Å²) in [5, 5.41) is 3.27. The average molecular weight is 695 g/mol. The first-order valence-electron chi connectivity index (χ1n) is 14.8. The predicted molar refractivity (Wildman–Crippen MR) is 170 cm³/mol. The zero-order valence-electron chi connectivity index (χ0n) is 26.8. The van der Waals surface area contributed by atoms with E-state index >= 15 is 0 Å². The van der Waals surface area contributed by atoms with E-state index in [-0.39, 0.29) is 90.1 Å². The van der Waals surface area contributed by atoms with Gasteiger partial charge in [-0.2, -0.15) is 0 Å². The number of nitrogens with zero attached hydrogens (tertiary/aromatic N) is 2. The number of hydrogen-bond donors (Lipinski definition) is 0. The minimum Gasteiger partial charge on any atom is -0.491 e. The van der Waals surface area contributed by atoms with Crippen LogP contribution in [0.5, 0.6) is 23.0 Å². The maximum absolute atomic E-state index is 14.4. The monoisotopic (exact) mass is 694 g/mol. The van der Waals surface area contributed by atoms with E-state index in [4.69, 9.17) is 49.2 Å². The lowest BCUT2D eigenvalue weighted by molar-refractivity contribution is -0.133. The van der Waals surface area contributed by atoms with Crippen molar-refractivity contribution in [3.8, 4) is 34.1 Å². The molecular formula is C33H27ClN2O13. The van der Waals surface area contributed by atoms with Gasteiger partial charge in [-0.15, -0.1) is 4.91 Å². The summed E-state index contributed by atoms with van der Waals surface area (Å²) >= 11 is 6.37. The molecule has 0 spiro atoms. The number of carbonyl (C=O) groups is 3. The number of methoxy groups -OCH3 is 3. The van der Waals surface area contributed by atoms with Crippen molar-refractivity contribution in [1.29, 1.82) is 0 Å². The summed E-state index contributed by atoms with van der Waals surface area (Å²) < 4.78 is 47.0. The van der Waals surface area contributed by atoms with E-state index < -0.39 is 47.8 Å². The summed E-state index contributed by atoms with van der Waals surface area (Å²) in [5.74, 6) is -2.76. The highest BCUT2D eigenvalue weighted by atomic mass is 35.5. The van der Waals surface area contributed by atoms with Gasteiger partial charge >= 0.3 is 11.9 Å². The first kappa shape index (κ1) is 32.5. The third-order valence-corrected chi connectivity index (χ3v) is 9.16. The second-order valence-corrected chi connectivity index (χ2v) is 11.9. The quantitative estimate of drug-likeness (QED) is 0.113. The SMILES string of the molecule is COc1c(Cl)ccc2c(=O)c3c(OC(C)=O)c4c5c(c3oc12)OCOC5C(OC)c1cc2c(c(OC(C)=O)c1-4)C(=O)N(C)C(OC)C2N=O. The Kier molecular flexibility index (Phi) is 7.82. The van der Waals surface area contributed by atoms with Crippen LogP contribution in [-0.4, -0.2) is 64.1 Å². The Morgan fingerprint density at radius 2 is 1.65 bits per heavy atom. The lowest BCUT2D eigenvalue weighted by Crippen LogP contribution is -2.46. The molecule has 7 rings (SSSR count). The molecule has 3 aliphatic rings. The molecule has 4 unspecified atom stereocenters. The third-order valence-electron chi connectivity index (χ3n) is 8.86. The van der Waals surface area contributed by atoms with Gasteiger partial charge in [0.25, 0.3) is 5.91 Å². The third kappa shape index (κ3) is 4.53. The number of hydrogen-bond acceptors (Lipinski definition) is 14. The van der Waals surface area contributed by atoms with Crippen LogP contribution in [0, 0.1) is 4.91 Å². The van der Waals surface area contributed by atoms with E-state index in [0.717, 1.165) is 18.7 Å². The van der Waals surface area contributed by atoms with Crippen molar-refractivity contribution in [2.24, 2.45) is 5.18 Å². The van der Waals surface area contributed by atoms with Crippen molar-refractivity contribution in [1.82, 2.24) is 4.90 Å². The Hall–Kier alpha value is -5.09. The number of ether oxygens (including phenoxy) is 7. The summed E-state index contributed by atoms with van der Waals surface area (Å²) in [6.45, 7) is 1.95. The van der Waals surface area contributed by atoms with E-state index in [1.54, 1.807) is 0 Å². The Labute approximate surface area is 281 Å². The molecule has 0 fully saturated rings. The Bertz CT molecular complexity index is 2210. The van der Waals surface area contributed by atoms with E-state index in [1.165, 1.54) is 46.6 Å². The number of carbonyl (C=O) groups excluding carboxylic acids is 3. The molecule has 49 heavy (non-hydrogen) atoms. The fraction of sp³-hybridized carbons (Fsp3) is 0.333. The van der Waals surface area contributed by atoms with Crippen LogP contribution < -0.4 is 24.4 Å². The van der Waals surface area contributed by atoms with Gasteiger partial charge in [-0.25, -0.2) is 0 Å². The molecule has 254 valence electrons. The molecule has 1 amide bonds. The second-order valence-electron chi connectivity index (χ2n) is 11.5. The van der Waals surface area contributed by atoms with E-state index in [0.29, 0.717) is 0 Å². The van der Waals surface area contributed by atoms with Crippen molar-refractivity contribution in [3.63, 3.8) is 0 Å². The van der Waals surface area contributed by atoms with Gasteiger partial charge in [0.1, 0.15) is 17.6 Å². The number of amides is 1. The van der Waals surface area contributed by atoms with Gasteiger partial charge in [0, 0.05) is 57.4 Å². The van der Waals surface area contributed by atoms with Crippen LogP contribution in [0.2, 0.25) is 5.02 Å². The standard InChI is InChI=1S/C33H27ClN2O13/c1-11(37)47-27-17-15(9-14-18(27)32(40)36(3)33(44-6)22(14)35-41)24(42-4)29-20-19(17)28(48-12(2)38)21-23(39)13-7-8-16(34)26(43-5)25(13)49-31(21)30(20)46-10-45-29/h7-9,22,24,29,33H,10H2,1-6H3. The van der Waals surface area contributed by atoms with Gasteiger partial charge in [-0.1, -0.05) is 16.8 Å². The fourth-order valence-electron chi connectivity index (χ4n) is 6.99. The molecule has 15 nitrogen and oxygen atoms in total. The average Bonchev–Trinajstić information content (AvgIpc) is 3.06. The minimum atomic E-state index is -1.25. The maximum Gasteiger partial charge on any atom is 0.308 e. The smallest absolute Gasteiger partial charge is 0.308 e. The first-order valence-corrected chi connectivity index (χ1v) is 15.2. The number of benzene rings is 3. The molecule has 3 heterocycles. The lowest BCUT2D eigenvalue weighted by Gasteiger charge is -2.41. The summed E-state index contributed by atoms with van der Waals surface area (Å²) in [4.78, 5) is 67.5. The largest absolute Gasteiger partial charge is 0.491 e. The topological polar surface area (TPSA) is 179 Å². The highest BCUT2D eigenvalue weighted by Crippen LogP contribution is 2.62. The molecule has 16 heteroatoms. The molecule has 1 aliphatic carbocycles. The summed E-state index contributed by atoms with van der Waals surface area (Å²) in [5.41, 5.74) is -0.247. The molecule has 0 radical (unpaired) electrons. The van der Waals surface area contributed by atoms with Gasteiger partial charge in [-0.3, -0.25) is 19.2 Å². The summed E-state index contributed by atoms with van der Waals surface area (Å²) in [6, 6.07) is 3.16. The van der Waals surface area contributed by atoms with Gasteiger partial charge in [0.2, 0.25) is 5.43 Å². The normalized spacial score (nSPS) is 20.6. The molecule has 2 aliphatic heterocycles. The second kappa shape index (κ2) is 11.8. The molecule has 0 saturated heterocycles. The van der Waals surface area contributed by atoms with Crippen molar-refractivity contribution >= 4 is 51.4 Å². The molecule has 4 atom stereocenters. The number of esters is 2. The Morgan fingerprint density at radius 1 is 0.939 bits per heavy atom. The van der Waals surface area contributed by atoms with Crippen LogP contribution in [0.25, 0.3) is 33.1 Å². The summed E-state index contributed by atoms with van der Waals surface area (Å²) in [7, 11) is 5.50. The van der Waals surface area contributed by atoms with E-state index in [9.17, 15) is 24.1 Å². The van der Waals surface area contributed by atoms with Crippen LogP contribution in [0.4, 0.5) is 0 Å². The van der Waals surface area contributed by atoms with Gasteiger partial charge in [0.05, 0.1) is 23.1 Å². The van der Waals surface area contributed by atoms with Crippen LogP contribution >= 0.6 is 11.6 Å². The van der Waals surface area contributed by atoms with Crippen LogP contribution in [-0.2, 0) is 23.8 Å². The van der Waals surface area contributed by atoms with Crippen LogP contribution in [0.3, 0.4) is 0 Å². The first-order chi connectivity index (χ1) is 23.5. The lowest BCUT2D eigenvalue weighted by atomic mass is 9.75.